The molecule has 1 saturated heterocycles. The third-order valence-electron chi connectivity index (χ3n) is 3.11. The Morgan fingerprint density at radius 3 is 2.81 bits per heavy atom. The number of carbonyl (C=O) groups excluding carboxylic acids is 1. The van der Waals surface area contributed by atoms with E-state index in [-0.39, 0.29) is 17.8 Å². The molecule has 0 aromatic carbocycles. The van der Waals surface area contributed by atoms with Gasteiger partial charge in [0.05, 0.1) is 5.56 Å². The Balaban J connectivity index is 1.96. The number of nitrogens with zero attached hydrogens (tertiary/aromatic N) is 2. The Morgan fingerprint density at radius 2 is 2.24 bits per heavy atom. The van der Waals surface area contributed by atoms with Gasteiger partial charge in [-0.15, -0.1) is 0 Å². The average Bonchev–Trinajstić information content (AvgIpc) is 2.44. The van der Waals surface area contributed by atoms with Crippen LogP contribution in [0.5, 0.6) is 5.88 Å². The van der Waals surface area contributed by atoms with E-state index in [2.05, 4.69) is 9.72 Å². The van der Waals surface area contributed by atoms with Gasteiger partial charge in [-0.05, 0) is 18.9 Å². The van der Waals surface area contributed by atoms with Crippen LogP contribution in [0, 0.1) is 0 Å². The van der Waals surface area contributed by atoms with Crippen molar-refractivity contribution in [3.05, 3.63) is 23.9 Å². The highest BCUT2D eigenvalue weighted by atomic mass is 19.4. The maximum Gasteiger partial charge on any atom is 0.422 e. The van der Waals surface area contributed by atoms with Gasteiger partial charge < -0.3 is 15.4 Å². The van der Waals surface area contributed by atoms with Gasteiger partial charge >= 0.3 is 6.18 Å². The summed E-state index contributed by atoms with van der Waals surface area (Å²) in [6.45, 7) is -0.307. The molecule has 1 amide bonds. The van der Waals surface area contributed by atoms with E-state index in [9.17, 15) is 18.0 Å². The van der Waals surface area contributed by atoms with Gasteiger partial charge in [-0.3, -0.25) is 4.79 Å². The van der Waals surface area contributed by atoms with E-state index in [1.54, 1.807) is 4.90 Å². The van der Waals surface area contributed by atoms with Crippen molar-refractivity contribution in [3.63, 3.8) is 0 Å². The molecule has 0 aliphatic carbocycles. The molecule has 0 radical (unpaired) electrons. The van der Waals surface area contributed by atoms with Crippen molar-refractivity contribution in [2.24, 2.45) is 5.73 Å². The Bertz CT molecular complexity index is 490. The van der Waals surface area contributed by atoms with Gasteiger partial charge in [0.15, 0.2) is 6.61 Å². The largest absolute Gasteiger partial charge is 0.468 e. The Hall–Kier alpha value is -1.83. The zero-order valence-electron chi connectivity index (χ0n) is 11.3. The lowest BCUT2D eigenvalue weighted by atomic mass is 10.1. The first-order valence-corrected chi connectivity index (χ1v) is 6.55. The minimum atomic E-state index is -4.42. The fourth-order valence-electron chi connectivity index (χ4n) is 2.12. The minimum Gasteiger partial charge on any atom is -0.468 e. The maximum atomic E-state index is 12.2. The number of aromatic nitrogens is 1. The van der Waals surface area contributed by atoms with Crippen LogP contribution in [-0.2, 0) is 0 Å². The topological polar surface area (TPSA) is 68.5 Å². The molecular formula is C13H16F3N3O2. The van der Waals surface area contributed by atoms with Crippen LogP contribution in [0.2, 0.25) is 0 Å². The molecule has 21 heavy (non-hydrogen) atoms. The smallest absolute Gasteiger partial charge is 0.422 e. The standard InChI is InChI=1S/C13H16F3N3O2/c14-13(15,16)8-21-11-4-3-9(6-18-11)12(20)19-5-1-2-10(17)7-19/h3-4,6,10H,1-2,5,7-8,17H2. The first-order chi connectivity index (χ1) is 9.85. The van der Waals surface area contributed by atoms with E-state index in [0.29, 0.717) is 18.7 Å². The number of alkyl halides is 3. The van der Waals surface area contributed by atoms with Crippen LogP contribution in [-0.4, -0.2) is 47.7 Å². The van der Waals surface area contributed by atoms with Crippen molar-refractivity contribution in [2.75, 3.05) is 19.7 Å². The van der Waals surface area contributed by atoms with Gasteiger partial charge in [0.25, 0.3) is 5.91 Å². The average molecular weight is 303 g/mol. The fourth-order valence-corrected chi connectivity index (χ4v) is 2.12. The first-order valence-electron chi connectivity index (χ1n) is 6.55. The van der Waals surface area contributed by atoms with Gasteiger partial charge in [0, 0.05) is 31.4 Å². The highest BCUT2D eigenvalue weighted by Crippen LogP contribution is 2.18. The molecule has 8 heteroatoms. The molecular weight excluding hydrogens is 287 g/mol. The maximum absolute atomic E-state index is 12.2. The lowest BCUT2D eigenvalue weighted by Crippen LogP contribution is -2.45. The van der Waals surface area contributed by atoms with Crippen molar-refractivity contribution < 1.29 is 22.7 Å². The number of pyridine rings is 1. The van der Waals surface area contributed by atoms with E-state index in [1.165, 1.54) is 18.3 Å². The van der Waals surface area contributed by atoms with Crippen molar-refractivity contribution in [2.45, 2.75) is 25.1 Å². The quantitative estimate of drug-likeness (QED) is 0.920. The van der Waals surface area contributed by atoms with Gasteiger partial charge in [-0.1, -0.05) is 0 Å². The first kappa shape index (κ1) is 15.6. The number of carbonyl (C=O) groups is 1. The highest BCUT2D eigenvalue weighted by Gasteiger charge is 2.28. The molecule has 1 atom stereocenters. The summed E-state index contributed by atoms with van der Waals surface area (Å²) >= 11 is 0. The number of rotatable bonds is 3. The summed E-state index contributed by atoms with van der Waals surface area (Å²) in [6, 6.07) is 2.62. The molecule has 0 spiro atoms. The summed E-state index contributed by atoms with van der Waals surface area (Å²) in [5.74, 6) is -0.390. The number of hydrogen-bond donors (Lipinski definition) is 1. The molecule has 2 rings (SSSR count). The summed E-state index contributed by atoms with van der Waals surface area (Å²) in [6.07, 6.45) is -1.48. The van der Waals surface area contributed by atoms with Crippen LogP contribution >= 0.6 is 0 Å². The van der Waals surface area contributed by atoms with Crippen LogP contribution in [0.15, 0.2) is 18.3 Å². The van der Waals surface area contributed by atoms with Crippen molar-refractivity contribution >= 4 is 5.91 Å². The molecule has 1 fully saturated rings. The van der Waals surface area contributed by atoms with E-state index in [0.717, 1.165) is 12.8 Å². The van der Waals surface area contributed by atoms with E-state index in [1.807, 2.05) is 0 Å². The molecule has 1 aromatic rings. The lowest BCUT2D eigenvalue weighted by molar-refractivity contribution is -0.154. The molecule has 0 saturated carbocycles. The summed E-state index contributed by atoms with van der Waals surface area (Å²) in [7, 11) is 0. The number of halogens is 3. The second-order valence-electron chi connectivity index (χ2n) is 4.94. The van der Waals surface area contributed by atoms with Crippen molar-refractivity contribution in [1.82, 2.24) is 9.88 Å². The minimum absolute atomic E-state index is 0.0370. The van der Waals surface area contributed by atoms with E-state index >= 15 is 0 Å². The van der Waals surface area contributed by atoms with Crippen molar-refractivity contribution in [1.29, 1.82) is 0 Å². The second kappa shape index (κ2) is 6.30. The molecule has 5 nitrogen and oxygen atoms in total. The van der Waals surface area contributed by atoms with E-state index in [4.69, 9.17) is 5.73 Å². The van der Waals surface area contributed by atoms with Crippen LogP contribution in [0.25, 0.3) is 0 Å². The lowest BCUT2D eigenvalue weighted by Gasteiger charge is -2.30. The van der Waals surface area contributed by atoms with Crippen LogP contribution < -0.4 is 10.5 Å². The molecule has 2 N–H and O–H groups in total. The number of piperidine rings is 1. The summed E-state index contributed by atoms with van der Waals surface area (Å²) < 4.78 is 40.5. The number of hydrogen-bond acceptors (Lipinski definition) is 4. The van der Waals surface area contributed by atoms with Crippen LogP contribution in [0.1, 0.15) is 23.2 Å². The van der Waals surface area contributed by atoms with Gasteiger partial charge in [0.2, 0.25) is 5.88 Å². The Morgan fingerprint density at radius 1 is 1.48 bits per heavy atom. The normalized spacial score (nSPS) is 19.4. The molecule has 116 valence electrons. The van der Waals surface area contributed by atoms with Crippen LogP contribution in [0.3, 0.4) is 0 Å². The monoisotopic (exact) mass is 303 g/mol. The fraction of sp³-hybridized carbons (Fsp3) is 0.538. The summed E-state index contributed by atoms with van der Waals surface area (Å²) in [5.41, 5.74) is 6.12. The predicted molar refractivity (Wildman–Crippen MR) is 68.9 cm³/mol. The molecule has 0 bridgehead atoms. The number of nitrogens with two attached hydrogens (primary N) is 1. The number of amides is 1. The zero-order valence-corrected chi connectivity index (χ0v) is 11.3. The van der Waals surface area contributed by atoms with E-state index < -0.39 is 12.8 Å². The summed E-state index contributed by atoms with van der Waals surface area (Å²) in [4.78, 5) is 17.5. The molecule has 1 aromatic heterocycles. The van der Waals surface area contributed by atoms with Gasteiger partial charge in [0.1, 0.15) is 0 Å². The Kier molecular flexibility index (Phi) is 4.66. The predicted octanol–water partition coefficient (Wildman–Crippen LogP) is 1.59. The highest BCUT2D eigenvalue weighted by molar-refractivity contribution is 5.94. The molecule has 1 unspecified atom stereocenters. The third kappa shape index (κ3) is 4.59. The zero-order chi connectivity index (χ0) is 15.5. The molecule has 1 aliphatic heterocycles. The van der Waals surface area contributed by atoms with Crippen molar-refractivity contribution in [3.8, 4) is 5.88 Å². The molecule has 2 heterocycles. The second-order valence-corrected chi connectivity index (χ2v) is 4.94. The number of likely N-dealkylation sites (tertiary alicyclic amines) is 1. The Labute approximate surface area is 119 Å². The van der Waals surface area contributed by atoms with Gasteiger partial charge in [-0.25, -0.2) is 4.98 Å². The number of ether oxygens (including phenoxy) is 1. The molecule has 1 aliphatic rings. The summed E-state index contributed by atoms with van der Waals surface area (Å²) in [5, 5.41) is 0. The SMILES string of the molecule is NC1CCCN(C(=O)c2ccc(OCC(F)(F)F)nc2)C1. The third-order valence-corrected chi connectivity index (χ3v) is 3.11. The van der Waals surface area contributed by atoms with Crippen LogP contribution in [0.4, 0.5) is 13.2 Å². The van der Waals surface area contributed by atoms with Gasteiger partial charge in [-0.2, -0.15) is 13.2 Å².